The van der Waals surface area contributed by atoms with Crippen LogP contribution in [-0.4, -0.2) is 16.8 Å². The molecular weight excluding hydrogens is 285 g/mol. The largest absolute Gasteiger partial charge is 0.287 e. The Morgan fingerprint density at radius 2 is 2.00 bits per heavy atom. The molecule has 8 heteroatoms. The number of alkyl halides is 2. The minimum absolute atomic E-state index is 0.0653. The molecule has 0 unspecified atom stereocenters. The Bertz CT molecular complexity index is 616. The molecule has 1 aromatic heterocycles. The van der Waals surface area contributed by atoms with Crippen LogP contribution in [0.2, 0.25) is 0 Å². The number of amides is 1. The number of hydrogen-bond acceptors (Lipinski definition) is 2. The van der Waals surface area contributed by atoms with Gasteiger partial charge in [-0.2, -0.15) is 0 Å². The predicted molar refractivity (Wildman–Crippen MR) is 68.4 cm³/mol. The highest BCUT2D eigenvalue weighted by Crippen LogP contribution is 2.45. The van der Waals surface area contributed by atoms with E-state index in [0.29, 0.717) is 0 Å². The minimum atomic E-state index is -2.71. The van der Waals surface area contributed by atoms with Crippen molar-refractivity contribution < 1.29 is 18.0 Å². The topological polar surface area (TPSA) is 78.7 Å². The second kappa shape index (κ2) is 5.37. The third-order valence-corrected chi connectivity index (χ3v) is 3.88. The fourth-order valence-electron chi connectivity index (χ4n) is 2.50. The third kappa shape index (κ3) is 3.16. The average molecular weight is 298 g/mol. The molecule has 0 bridgehead atoms. The molecule has 0 spiro atoms. The van der Waals surface area contributed by atoms with Gasteiger partial charge in [0.2, 0.25) is 5.92 Å². The van der Waals surface area contributed by atoms with E-state index in [1.807, 2.05) is 0 Å². The van der Waals surface area contributed by atoms with Crippen molar-refractivity contribution in [2.45, 2.75) is 43.9 Å². The lowest BCUT2D eigenvalue weighted by Gasteiger charge is -2.36. The van der Waals surface area contributed by atoms with E-state index in [-0.39, 0.29) is 36.9 Å². The van der Waals surface area contributed by atoms with E-state index in [4.69, 9.17) is 5.53 Å². The Morgan fingerprint density at radius 1 is 1.38 bits per heavy atom. The third-order valence-electron chi connectivity index (χ3n) is 3.88. The number of aromatic nitrogens is 1. The van der Waals surface area contributed by atoms with Crippen molar-refractivity contribution in [3.05, 3.63) is 39.8 Å². The fourth-order valence-corrected chi connectivity index (χ4v) is 2.50. The van der Waals surface area contributed by atoms with E-state index in [1.54, 1.807) is 6.92 Å². The Hall–Kier alpha value is -2.08. The van der Waals surface area contributed by atoms with Crippen LogP contribution in [0.5, 0.6) is 0 Å². The molecular formula is C13H13F3N4O. The van der Waals surface area contributed by atoms with Crippen LogP contribution < -0.4 is 0 Å². The number of carbonyl (C=O) groups is 1. The molecule has 1 amide bonds. The highest BCUT2D eigenvalue weighted by molar-refractivity contribution is 5.94. The van der Waals surface area contributed by atoms with Crippen LogP contribution in [0.1, 0.15) is 48.7 Å². The van der Waals surface area contributed by atoms with Crippen molar-refractivity contribution in [1.29, 1.82) is 0 Å². The van der Waals surface area contributed by atoms with E-state index in [1.165, 1.54) is 0 Å². The van der Waals surface area contributed by atoms with E-state index < -0.39 is 23.1 Å². The number of pyridine rings is 1. The SMILES string of the molecule is CC1(c2ncc(C(=O)N=[N+]=[N-])cc2F)CCC(F)(F)CC1. The zero-order valence-electron chi connectivity index (χ0n) is 11.3. The van der Waals surface area contributed by atoms with Crippen LogP contribution in [-0.2, 0) is 5.41 Å². The molecule has 1 saturated carbocycles. The van der Waals surface area contributed by atoms with Crippen molar-refractivity contribution in [1.82, 2.24) is 4.98 Å². The summed E-state index contributed by atoms with van der Waals surface area (Å²) < 4.78 is 40.6. The van der Waals surface area contributed by atoms with Gasteiger partial charge in [-0.1, -0.05) is 6.92 Å². The molecule has 0 aliphatic heterocycles. The average Bonchev–Trinajstić information content (AvgIpc) is 2.42. The molecule has 0 N–H and O–H groups in total. The summed E-state index contributed by atoms with van der Waals surface area (Å²) >= 11 is 0. The maximum atomic E-state index is 14.1. The van der Waals surface area contributed by atoms with Crippen LogP contribution in [0.25, 0.3) is 10.4 Å². The normalized spacial score (nSPS) is 19.6. The standard InChI is InChI=1S/C13H13F3N4O/c1-12(2-4-13(15,16)5-3-12)10-9(14)6-8(7-18-10)11(21)19-20-17/h6-7H,2-5H2,1H3. The number of carbonyl (C=O) groups excluding carboxylic acids is 1. The van der Waals surface area contributed by atoms with Crippen molar-refractivity contribution in [3.8, 4) is 0 Å². The molecule has 1 aliphatic carbocycles. The maximum absolute atomic E-state index is 14.1. The van der Waals surface area contributed by atoms with E-state index in [0.717, 1.165) is 12.3 Å². The summed E-state index contributed by atoms with van der Waals surface area (Å²) in [6.07, 6.45) is 0.711. The molecule has 2 rings (SSSR count). The van der Waals surface area contributed by atoms with E-state index in [9.17, 15) is 18.0 Å². The van der Waals surface area contributed by atoms with Crippen molar-refractivity contribution in [2.75, 3.05) is 0 Å². The van der Waals surface area contributed by atoms with Gasteiger partial charge in [0.15, 0.2) is 0 Å². The van der Waals surface area contributed by atoms with Gasteiger partial charge < -0.3 is 0 Å². The number of halogens is 3. The van der Waals surface area contributed by atoms with E-state index in [2.05, 4.69) is 15.0 Å². The lowest BCUT2D eigenvalue weighted by molar-refractivity contribution is -0.0506. The quantitative estimate of drug-likeness (QED) is 0.467. The minimum Gasteiger partial charge on any atom is -0.287 e. The van der Waals surface area contributed by atoms with Crippen LogP contribution in [0.3, 0.4) is 0 Å². The first-order chi connectivity index (χ1) is 9.77. The molecule has 112 valence electrons. The van der Waals surface area contributed by atoms with Gasteiger partial charge in [-0.25, -0.2) is 13.2 Å². The number of rotatable bonds is 2. The smallest absolute Gasteiger partial charge is 0.250 e. The Balaban J connectivity index is 2.29. The first-order valence-electron chi connectivity index (χ1n) is 6.41. The van der Waals surface area contributed by atoms with Crippen LogP contribution in [0.4, 0.5) is 13.2 Å². The molecule has 1 aliphatic rings. The summed E-state index contributed by atoms with van der Waals surface area (Å²) in [7, 11) is 0. The highest BCUT2D eigenvalue weighted by Gasteiger charge is 2.43. The van der Waals surface area contributed by atoms with Crippen molar-refractivity contribution >= 4 is 5.91 Å². The van der Waals surface area contributed by atoms with Crippen molar-refractivity contribution in [2.24, 2.45) is 5.11 Å². The number of hydrogen-bond donors (Lipinski definition) is 0. The summed E-state index contributed by atoms with van der Waals surface area (Å²) in [5.41, 5.74) is 7.28. The Kier molecular flexibility index (Phi) is 3.91. The summed E-state index contributed by atoms with van der Waals surface area (Å²) in [5, 5.41) is 2.85. The first-order valence-corrected chi connectivity index (χ1v) is 6.41. The molecule has 1 heterocycles. The number of azide groups is 1. The monoisotopic (exact) mass is 298 g/mol. The van der Waals surface area contributed by atoms with Crippen LogP contribution in [0.15, 0.2) is 17.4 Å². The van der Waals surface area contributed by atoms with Crippen LogP contribution >= 0.6 is 0 Å². The van der Waals surface area contributed by atoms with Crippen molar-refractivity contribution in [3.63, 3.8) is 0 Å². The molecule has 0 atom stereocenters. The van der Waals surface area contributed by atoms with Gasteiger partial charge in [-0.15, -0.1) is 0 Å². The van der Waals surface area contributed by atoms with Gasteiger partial charge in [0.05, 0.1) is 5.69 Å². The lowest BCUT2D eigenvalue weighted by atomic mass is 9.72. The second-order valence-electron chi connectivity index (χ2n) is 5.47. The zero-order valence-corrected chi connectivity index (χ0v) is 11.3. The number of nitrogens with zero attached hydrogens (tertiary/aromatic N) is 4. The summed E-state index contributed by atoms with van der Waals surface area (Å²) in [5.74, 6) is -4.40. The van der Waals surface area contributed by atoms with Gasteiger partial charge in [-0.05, 0) is 29.6 Å². The fraction of sp³-hybridized carbons (Fsp3) is 0.538. The Labute approximate surface area is 118 Å². The zero-order chi connectivity index (χ0) is 15.7. The molecule has 0 radical (unpaired) electrons. The molecule has 1 aromatic rings. The predicted octanol–water partition coefficient (Wildman–Crippen LogP) is 4.14. The Morgan fingerprint density at radius 3 is 2.52 bits per heavy atom. The molecule has 5 nitrogen and oxygen atoms in total. The van der Waals surface area contributed by atoms with Gasteiger partial charge in [0.25, 0.3) is 5.91 Å². The lowest BCUT2D eigenvalue weighted by Crippen LogP contribution is -2.35. The summed E-state index contributed by atoms with van der Waals surface area (Å²) in [6, 6.07) is 0.928. The van der Waals surface area contributed by atoms with Gasteiger partial charge in [-0.3, -0.25) is 9.78 Å². The van der Waals surface area contributed by atoms with Gasteiger partial charge in [0.1, 0.15) is 5.82 Å². The molecule has 0 saturated heterocycles. The first kappa shape index (κ1) is 15.3. The molecule has 21 heavy (non-hydrogen) atoms. The highest BCUT2D eigenvalue weighted by atomic mass is 19.3. The van der Waals surface area contributed by atoms with Gasteiger partial charge in [0, 0.05) is 34.9 Å². The molecule has 0 aromatic carbocycles. The van der Waals surface area contributed by atoms with Gasteiger partial charge >= 0.3 is 0 Å². The summed E-state index contributed by atoms with van der Waals surface area (Å²) in [6.45, 7) is 1.68. The maximum Gasteiger partial charge on any atom is 0.250 e. The second-order valence-corrected chi connectivity index (χ2v) is 5.47. The molecule has 1 fully saturated rings. The summed E-state index contributed by atoms with van der Waals surface area (Å²) in [4.78, 5) is 17.5. The van der Waals surface area contributed by atoms with Crippen LogP contribution in [0, 0.1) is 5.82 Å². The van der Waals surface area contributed by atoms with E-state index >= 15 is 0 Å².